The van der Waals surface area contributed by atoms with Gasteiger partial charge in [0.25, 0.3) is 0 Å². The summed E-state index contributed by atoms with van der Waals surface area (Å²) in [6.07, 6.45) is 2.46. The van der Waals surface area contributed by atoms with Crippen molar-refractivity contribution in [3.05, 3.63) is 0 Å². The van der Waals surface area contributed by atoms with Crippen molar-refractivity contribution in [2.45, 2.75) is 51.6 Å². The molecule has 1 rings (SSSR count). The molecule has 1 aliphatic heterocycles. The van der Waals surface area contributed by atoms with Gasteiger partial charge in [0.15, 0.2) is 0 Å². The number of nitrogens with zero attached hydrogens (tertiary/aromatic N) is 2. The van der Waals surface area contributed by atoms with Gasteiger partial charge in [-0.2, -0.15) is 0 Å². The molecule has 0 aromatic carbocycles. The lowest BCUT2D eigenvalue weighted by Gasteiger charge is -2.37. The summed E-state index contributed by atoms with van der Waals surface area (Å²) in [7, 11) is 0. The van der Waals surface area contributed by atoms with Crippen molar-refractivity contribution in [1.29, 1.82) is 0 Å². The molecule has 0 aliphatic carbocycles. The van der Waals surface area contributed by atoms with E-state index >= 15 is 0 Å². The minimum Gasteiger partial charge on any atom is -0.480 e. The molecule has 0 bridgehead atoms. The number of nitrogens with two attached hydrogens (primary N) is 1. The Morgan fingerprint density at radius 2 is 1.84 bits per heavy atom. The van der Waals surface area contributed by atoms with E-state index in [1.54, 1.807) is 6.92 Å². The highest BCUT2D eigenvalue weighted by Gasteiger charge is 2.27. The van der Waals surface area contributed by atoms with Crippen LogP contribution in [0.25, 0.3) is 0 Å². The molecule has 0 amide bonds. The molecule has 0 spiro atoms. The zero-order chi connectivity index (χ0) is 14.5. The molecule has 19 heavy (non-hydrogen) atoms. The number of rotatable bonds is 7. The van der Waals surface area contributed by atoms with Crippen LogP contribution in [0.15, 0.2) is 0 Å². The number of carboxylic acids is 1. The molecule has 1 saturated heterocycles. The van der Waals surface area contributed by atoms with Crippen molar-refractivity contribution < 1.29 is 9.90 Å². The quantitative estimate of drug-likeness (QED) is 0.676. The van der Waals surface area contributed by atoms with E-state index in [9.17, 15) is 4.79 Å². The fourth-order valence-corrected chi connectivity index (χ4v) is 2.44. The topological polar surface area (TPSA) is 69.8 Å². The zero-order valence-corrected chi connectivity index (χ0v) is 12.6. The van der Waals surface area contributed by atoms with Crippen LogP contribution in [0.1, 0.15) is 40.0 Å². The van der Waals surface area contributed by atoms with E-state index in [1.807, 2.05) is 0 Å². The molecule has 1 fully saturated rings. The minimum absolute atomic E-state index is 0.550. The maximum Gasteiger partial charge on any atom is 0.323 e. The molecule has 1 heterocycles. The summed E-state index contributed by atoms with van der Waals surface area (Å²) in [5.41, 5.74) is 4.64. The molecule has 1 aliphatic rings. The van der Waals surface area contributed by atoms with Crippen molar-refractivity contribution >= 4 is 5.97 Å². The van der Waals surface area contributed by atoms with Crippen LogP contribution in [0.5, 0.6) is 0 Å². The first-order valence-electron chi connectivity index (χ1n) is 7.31. The van der Waals surface area contributed by atoms with Gasteiger partial charge in [0, 0.05) is 32.2 Å². The van der Waals surface area contributed by atoms with Gasteiger partial charge in [-0.25, -0.2) is 0 Å². The van der Waals surface area contributed by atoms with Crippen LogP contribution in [0.4, 0.5) is 0 Å². The van der Waals surface area contributed by atoms with Crippen molar-refractivity contribution in [1.82, 2.24) is 9.80 Å². The maximum absolute atomic E-state index is 10.9. The van der Waals surface area contributed by atoms with Crippen LogP contribution in [0, 0.1) is 0 Å². The molecule has 112 valence electrons. The SMILES string of the molecule is CC(C)N1CCN(CCCCC(C)(N)C(=O)O)CC1. The van der Waals surface area contributed by atoms with Crippen LogP contribution >= 0.6 is 0 Å². The number of aliphatic carboxylic acids is 1. The van der Waals surface area contributed by atoms with Crippen LogP contribution in [0.2, 0.25) is 0 Å². The standard InChI is InChI=1S/C14H29N3O2/c1-12(2)17-10-8-16(9-11-17)7-5-4-6-14(3,15)13(18)19/h12H,4-11,15H2,1-3H3,(H,18,19). The Morgan fingerprint density at radius 3 is 2.32 bits per heavy atom. The van der Waals surface area contributed by atoms with Crippen molar-refractivity contribution in [2.24, 2.45) is 5.73 Å². The summed E-state index contributed by atoms with van der Waals surface area (Å²) in [6, 6.07) is 0.635. The van der Waals surface area contributed by atoms with Crippen molar-refractivity contribution in [3.8, 4) is 0 Å². The normalized spacial score (nSPS) is 21.5. The van der Waals surface area contributed by atoms with Gasteiger partial charge in [0.1, 0.15) is 5.54 Å². The highest BCUT2D eigenvalue weighted by molar-refractivity contribution is 5.77. The van der Waals surface area contributed by atoms with Gasteiger partial charge in [-0.1, -0.05) is 0 Å². The van der Waals surface area contributed by atoms with Gasteiger partial charge in [0.05, 0.1) is 0 Å². The lowest BCUT2D eigenvalue weighted by atomic mass is 9.96. The summed E-state index contributed by atoms with van der Waals surface area (Å²) in [5, 5.41) is 8.93. The molecule has 5 heteroatoms. The Morgan fingerprint density at radius 1 is 1.26 bits per heavy atom. The van der Waals surface area contributed by atoms with Gasteiger partial charge >= 0.3 is 5.97 Å². The first-order valence-corrected chi connectivity index (χ1v) is 7.31. The summed E-state index contributed by atoms with van der Waals surface area (Å²) in [5.74, 6) is -0.905. The number of carbonyl (C=O) groups is 1. The smallest absolute Gasteiger partial charge is 0.323 e. The number of unbranched alkanes of at least 4 members (excludes halogenated alkanes) is 1. The molecular weight excluding hydrogens is 242 g/mol. The van der Waals surface area contributed by atoms with Gasteiger partial charge in [0.2, 0.25) is 0 Å². The lowest BCUT2D eigenvalue weighted by molar-refractivity contribution is -0.142. The van der Waals surface area contributed by atoms with Gasteiger partial charge < -0.3 is 15.7 Å². The molecule has 1 atom stereocenters. The second-order valence-corrected chi connectivity index (χ2v) is 6.15. The van der Waals surface area contributed by atoms with Crippen LogP contribution in [-0.2, 0) is 4.79 Å². The molecule has 3 N–H and O–H groups in total. The fraction of sp³-hybridized carbons (Fsp3) is 0.929. The van der Waals surface area contributed by atoms with Gasteiger partial charge in [-0.05, 0) is 46.6 Å². The highest BCUT2D eigenvalue weighted by atomic mass is 16.4. The molecule has 0 aromatic rings. The van der Waals surface area contributed by atoms with E-state index in [2.05, 4.69) is 23.6 Å². The third kappa shape index (κ3) is 5.47. The molecule has 0 aromatic heterocycles. The monoisotopic (exact) mass is 271 g/mol. The van der Waals surface area contributed by atoms with Crippen LogP contribution in [-0.4, -0.2) is 65.2 Å². The van der Waals surface area contributed by atoms with Crippen LogP contribution < -0.4 is 5.73 Å². The van der Waals surface area contributed by atoms with Gasteiger partial charge in [-0.15, -0.1) is 0 Å². The predicted molar refractivity (Wildman–Crippen MR) is 77.2 cm³/mol. The van der Waals surface area contributed by atoms with E-state index in [4.69, 9.17) is 10.8 Å². The number of hydrogen-bond donors (Lipinski definition) is 2. The average Bonchev–Trinajstić information content (AvgIpc) is 2.35. The third-order valence-electron chi connectivity index (χ3n) is 4.05. The fourth-order valence-electron chi connectivity index (χ4n) is 2.44. The zero-order valence-electron chi connectivity index (χ0n) is 12.6. The predicted octanol–water partition coefficient (Wildman–Crippen LogP) is 0.985. The lowest BCUT2D eigenvalue weighted by Crippen LogP contribution is -2.49. The Labute approximate surface area is 116 Å². The van der Waals surface area contributed by atoms with Crippen LogP contribution in [0.3, 0.4) is 0 Å². The minimum atomic E-state index is -1.07. The van der Waals surface area contributed by atoms with E-state index in [-0.39, 0.29) is 0 Å². The Kier molecular flexibility index (Phi) is 6.23. The number of piperazine rings is 1. The molecule has 5 nitrogen and oxygen atoms in total. The second kappa shape index (κ2) is 7.22. The molecule has 0 saturated carbocycles. The third-order valence-corrected chi connectivity index (χ3v) is 4.05. The van der Waals surface area contributed by atoms with E-state index in [0.717, 1.165) is 45.6 Å². The first kappa shape index (κ1) is 16.4. The van der Waals surface area contributed by atoms with Gasteiger partial charge in [-0.3, -0.25) is 9.69 Å². The maximum atomic E-state index is 10.9. The summed E-state index contributed by atoms with van der Waals surface area (Å²) < 4.78 is 0. The number of carboxylic acid groups (broad SMARTS) is 1. The van der Waals surface area contributed by atoms with Crippen molar-refractivity contribution in [3.63, 3.8) is 0 Å². The second-order valence-electron chi connectivity index (χ2n) is 6.15. The number of hydrogen-bond acceptors (Lipinski definition) is 4. The van der Waals surface area contributed by atoms with E-state index < -0.39 is 11.5 Å². The summed E-state index contributed by atoms with van der Waals surface area (Å²) in [4.78, 5) is 15.8. The molecular formula is C14H29N3O2. The Hall–Kier alpha value is -0.650. The highest BCUT2D eigenvalue weighted by Crippen LogP contribution is 2.12. The summed E-state index contributed by atoms with van der Waals surface area (Å²) >= 11 is 0. The largest absolute Gasteiger partial charge is 0.480 e. The first-order chi connectivity index (χ1) is 8.83. The van der Waals surface area contributed by atoms with Crippen molar-refractivity contribution in [2.75, 3.05) is 32.7 Å². The van der Waals surface area contributed by atoms with E-state index in [0.29, 0.717) is 12.5 Å². The average molecular weight is 271 g/mol. The summed E-state index contributed by atoms with van der Waals surface area (Å²) in [6.45, 7) is 11.7. The Bertz CT molecular complexity index is 284. The van der Waals surface area contributed by atoms with E-state index in [1.165, 1.54) is 0 Å². The Balaban J connectivity index is 2.13. The molecule has 1 unspecified atom stereocenters. The molecule has 0 radical (unpaired) electrons.